The van der Waals surface area contributed by atoms with Crippen LogP contribution in [0.5, 0.6) is 0 Å². The first-order valence-electron chi connectivity index (χ1n) is 8.36. The van der Waals surface area contributed by atoms with E-state index in [9.17, 15) is 9.59 Å². The van der Waals surface area contributed by atoms with E-state index in [4.69, 9.17) is 17.0 Å². The van der Waals surface area contributed by atoms with Crippen molar-refractivity contribution in [3.8, 4) is 0 Å². The third-order valence-electron chi connectivity index (χ3n) is 6.98. The molecule has 120 valence electrons. The molecule has 1 heterocycles. The second-order valence-electron chi connectivity index (χ2n) is 8.24. The smallest absolute Gasteiger partial charge is 0.309 e. The highest BCUT2D eigenvalue weighted by Crippen LogP contribution is 2.65. The van der Waals surface area contributed by atoms with Gasteiger partial charge >= 0.3 is 5.97 Å². The van der Waals surface area contributed by atoms with Gasteiger partial charge in [-0.25, -0.2) is 0 Å². The Morgan fingerprint density at radius 2 is 2.09 bits per heavy atom. The lowest BCUT2D eigenvalue weighted by Crippen LogP contribution is -2.45. The van der Waals surface area contributed by atoms with Gasteiger partial charge in [-0.1, -0.05) is 33.0 Å². The van der Waals surface area contributed by atoms with E-state index >= 15 is 0 Å². The van der Waals surface area contributed by atoms with Crippen molar-refractivity contribution in [1.29, 1.82) is 0 Å². The van der Waals surface area contributed by atoms with Gasteiger partial charge in [0.15, 0.2) is 0 Å². The van der Waals surface area contributed by atoms with Crippen LogP contribution in [0.4, 0.5) is 0 Å². The first kappa shape index (κ1) is 14.6. The molecular weight excluding hydrogens is 298 g/mol. The maximum absolute atomic E-state index is 12.7. The van der Waals surface area contributed by atoms with E-state index in [1.165, 1.54) is 0 Å². The Morgan fingerprint density at radius 3 is 2.68 bits per heavy atom. The summed E-state index contributed by atoms with van der Waals surface area (Å²) in [6.07, 6.45) is 3.57. The molecule has 3 saturated carbocycles. The molecule has 3 aliphatic carbocycles. The largest absolute Gasteiger partial charge is 0.461 e. The summed E-state index contributed by atoms with van der Waals surface area (Å²) in [4.78, 5) is 25.1. The summed E-state index contributed by atoms with van der Waals surface area (Å²) >= 11 is 5.55. The van der Waals surface area contributed by atoms with Crippen molar-refractivity contribution in [3.63, 3.8) is 0 Å². The van der Waals surface area contributed by atoms with Crippen LogP contribution in [0.3, 0.4) is 0 Å². The predicted molar refractivity (Wildman–Crippen MR) is 84.9 cm³/mol. The number of ether oxygens (including phenoxy) is 1. The number of nitrogens with one attached hydrogen (secondary N) is 1. The molecule has 4 aliphatic rings. The van der Waals surface area contributed by atoms with E-state index in [2.05, 4.69) is 26.1 Å². The van der Waals surface area contributed by atoms with Crippen LogP contribution >= 0.6 is 12.2 Å². The molecule has 5 heteroatoms. The van der Waals surface area contributed by atoms with Gasteiger partial charge in [-0.3, -0.25) is 9.59 Å². The zero-order valence-corrected chi connectivity index (χ0v) is 14.2. The summed E-state index contributed by atoms with van der Waals surface area (Å²) in [5.41, 5.74) is -0.218. The minimum Gasteiger partial charge on any atom is -0.461 e. The Labute approximate surface area is 136 Å². The topological polar surface area (TPSA) is 55.4 Å². The molecule has 4 rings (SSSR count). The normalized spacial score (nSPS) is 46.5. The molecule has 4 nitrogen and oxygen atoms in total. The van der Waals surface area contributed by atoms with Gasteiger partial charge in [0.2, 0.25) is 5.91 Å². The minimum atomic E-state index is -0.274. The summed E-state index contributed by atoms with van der Waals surface area (Å²) in [5, 5.41) is 3.01. The number of fused-ring (bicyclic) bond motifs is 1. The molecule has 0 aromatic carbocycles. The zero-order valence-electron chi connectivity index (χ0n) is 13.3. The van der Waals surface area contributed by atoms with Crippen LogP contribution in [0.25, 0.3) is 0 Å². The van der Waals surface area contributed by atoms with E-state index in [0.29, 0.717) is 16.8 Å². The number of carbonyl (C=O) groups is 2. The molecular formula is C17H23NO3S. The highest BCUT2D eigenvalue weighted by atomic mass is 32.1. The van der Waals surface area contributed by atoms with E-state index in [1.54, 1.807) is 0 Å². The van der Waals surface area contributed by atoms with Crippen molar-refractivity contribution in [2.45, 2.75) is 52.6 Å². The second kappa shape index (κ2) is 4.31. The Bertz CT molecular complexity index is 586. The Kier molecular flexibility index (Phi) is 2.86. The van der Waals surface area contributed by atoms with Crippen molar-refractivity contribution in [2.24, 2.45) is 34.5 Å². The first-order chi connectivity index (χ1) is 10.3. The van der Waals surface area contributed by atoms with Crippen molar-refractivity contribution in [1.82, 2.24) is 5.32 Å². The lowest BCUT2D eigenvalue weighted by atomic mass is 9.82. The van der Waals surface area contributed by atoms with Gasteiger partial charge in [0, 0.05) is 11.8 Å². The van der Waals surface area contributed by atoms with Gasteiger partial charge in [0.05, 0.1) is 16.3 Å². The van der Waals surface area contributed by atoms with Gasteiger partial charge in [0.1, 0.15) is 6.10 Å². The van der Waals surface area contributed by atoms with E-state index < -0.39 is 0 Å². The molecule has 1 saturated heterocycles. The summed E-state index contributed by atoms with van der Waals surface area (Å²) in [6, 6.07) is 0. The fourth-order valence-corrected chi connectivity index (χ4v) is 5.91. The minimum absolute atomic E-state index is 0.0439. The van der Waals surface area contributed by atoms with Crippen molar-refractivity contribution in [2.75, 3.05) is 0 Å². The molecule has 0 aromatic heterocycles. The number of carbonyl (C=O) groups excluding carboxylic acids is 2. The van der Waals surface area contributed by atoms with Crippen LogP contribution in [0.1, 0.15) is 46.5 Å². The number of hydrogen-bond acceptors (Lipinski definition) is 4. The van der Waals surface area contributed by atoms with Crippen LogP contribution in [0.15, 0.2) is 0 Å². The number of rotatable bonds is 3. The quantitative estimate of drug-likeness (QED) is 0.641. The maximum Gasteiger partial charge on any atom is 0.309 e. The molecule has 1 N–H and O–H groups in total. The lowest BCUT2D eigenvalue weighted by molar-refractivity contribution is -0.143. The Hall–Kier alpha value is -0.970. The summed E-state index contributed by atoms with van der Waals surface area (Å²) < 4.78 is 5.55. The van der Waals surface area contributed by atoms with Crippen LogP contribution in [-0.4, -0.2) is 23.0 Å². The van der Waals surface area contributed by atoms with E-state index in [0.717, 1.165) is 25.7 Å². The number of esters is 1. The number of hydrogen-bond donors (Lipinski definition) is 1. The van der Waals surface area contributed by atoms with Gasteiger partial charge in [-0.05, 0) is 37.0 Å². The SMILES string of the molecule is CCC1(C(=O)NC(=S)C2C3CC4C(=O)OC2C4C3)CC1(C)C. The number of thiocarbonyl (C=S) groups is 1. The molecule has 0 spiro atoms. The lowest BCUT2D eigenvalue weighted by Gasteiger charge is -2.27. The molecule has 1 aliphatic heterocycles. The van der Waals surface area contributed by atoms with Gasteiger partial charge in [0.25, 0.3) is 0 Å². The first-order valence-corrected chi connectivity index (χ1v) is 8.77. The molecule has 4 fully saturated rings. The third kappa shape index (κ3) is 1.66. The molecule has 22 heavy (non-hydrogen) atoms. The fraction of sp³-hybridized carbons (Fsp3) is 0.824. The second-order valence-corrected chi connectivity index (χ2v) is 8.68. The average molecular weight is 321 g/mol. The predicted octanol–water partition coefficient (Wildman–Crippen LogP) is 2.45. The standard InChI is InChI=1S/C17H23NO3S/c1-4-17(7-16(17,2)3)15(20)18-13(22)11-8-5-9-10(6-8)14(19)21-12(9)11/h8-12H,4-7H2,1-3H3,(H,18,20,22). The number of amides is 1. The molecule has 0 radical (unpaired) electrons. The van der Waals surface area contributed by atoms with E-state index in [1.807, 2.05) is 0 Å². The van der Waals surface area contributed by atoms with Crippen molar-refractivity contribution >= 4 is 29.1 Å². The highest BCUT2D eigenvalue weighted by Gasteiger charge is 2.66. The van der Waals surface area contributed by atoms with E-state index in [-0.39, 0.29) is 40.6 Å². The van der Waals surface area contributed by atoms with Gasteiger partial charge in [-0.15, -0.1) is 0 Å². The van der Waals surface area contributed by atoms with Gasteiger partial charge < -0.3 is 10.1 Å². The summed E-state index contributed by atoms with van der Waals surface area (Å²) in [5.74, 6) is 0.881. The molecule has 2 bridgehead atoms. The maximum atomic E-state index is 12.7. The molecule has 1 amide bonds. The molecule has 6 unspecified atom stereocenters. The van der Waals surface area contributed by atoms with Crippen LogP contribution in [0.2, 0.25) is 0 Å². The van der Waals surface area contributed by atoms with Crippen LogP contribution < -0.4 is 5.32 Å². The average Bonchev–Trinajstić information content (AvgIpc) is 2.77. The van der Waals surface area contributed by atoms with Crippen molar-refractivity contribution in [3.05, 3.63) is 0 Å². The summed E-state index contributed by atoms with van der Waals surface area (Å²) in [6.45, 7) is 6.35. The Balaban J connectivity index is 1.48. The molecule has 0 aromatic rings. The zero-order chi connectivity index (χ0) is 15.9. The van der Waals surface area contributed by atoms with Crippen LogP contribution in [-0.2, 0) is 14.3 Å². The fourth-order valence-electron chi connectivity index (χ4n) is 5.50. The third-order valence-corrected chi connectivity index (χ3v) is 7.35. The highest BCUT2D eigenvalue weighted by molar-refractivity contribution is 7.80. The van der Waals surface area contributed by atoms with Crippen molar-refractivity contribution < 1.29 is 14.3 Å². The monoisotopic (exact) mass is 321 g/mol. The van der Waals surface area contributed by atoms with Crippen LogP contribution in [0, 0.1) is 34.5 Å². The Morgan fingerprint density at radius 1 is 1.41 bits per heavy atom. The molecule has 6 atom stereocenters. The summed E-state index contributed by atoms with van der Waals surface area (Å²) in [7, 11) is 0. The van der Waals surface area contributed by atoms with Gasteiger partial charge in [-0.2, -0.15) is 0 Å².